The van der Waals surface area contributed by atoms with E-state index in [0.717, 1.165) is 34.1 Å². The molecule has 0 aliphatic carbocycles. The molecule has 0 bridgehead atoms. The molecule has 0 N–H and O–H groups in total. The van der Waals surface area contributed by atoms with Crippen molar-refractivity contribution in [1.29, 1.82) is 0 Å². The van der Waals surface area contributed by atoms with Gasteiger partial charge in [-0.2, -0.15) is 0 Å². The fourth-order valence-electron chi connectivity index (χ4n) is 2.39. The first-order valence-electron chi connectivity index (χ1n) is 7.65. The second-order valence-electron chi connectivity index (χ2n) is 5.20. The van der Waals surface area contributed by atoms with Crippen LogP contribution in [0.4, 0.5) is 0 Å². The molecular formula is C20H19NO3. The molecule has 24 heavy (non-hydrogen) atoms. The lowest BCUT2D eigenvalue weighted by Gasteiger charge is -2.13. The van der Waals surface area contributed by atoms with E-state index >= 15 is 0 Å². The number of rotatable bonds is 6. The number of nitrogens with zero attached hydrogens (tertiary/aromatic N) is 1. The van der Waals surface area contributed by atoms with Crippen LogP contribution in [0.25, 0.3) is 11.1 Å². The second kappa shape index (κ2) is 7.51. The standard InChI is InChI=1S/C20H19NO3/c1-22-17-8-6-15(7-9-17)19-11-10-18(23-2)13-20(19)24-14-16-5-3-4-12-21-16/h3-13H,14H2,1-2H3. The molecule has 2 aromatic carbocycles. The van der Waals surface area contributed by atoms with E-state index in [-0.39, 0.29) is 0 Å². The first-order chi connectivity index (χ1) is 11.8. The third kappa shape index (κ3) is 3.66. The zero-order valence-corrected chi connectivity index (χ0v) is 13.7. The molecular weight excluding hydrogens is 302 g/mol. The molecule has 0 spiro atoms. The Bertz CT molecular complexity index is 786. The van der Waals surface area contributed by atoms with Crippen LogP contribution in [-0.2, 0) is 6.61 Å². The SMILES string of the molecule is COc1ccc(-c2ccc(OC)cc2OCc2ccccn2)cc1. The first kappa shape index (κ1) is 15.9. The molecule has 122 valence electrons. The summed E-state index contributed by atoms with van der Waals surface area (Å²) in [6.07, 6.45) is 1.76. The molecule has 0 atom stereocenters. The predicted molar refractivity (Wildman–Crippen MR) is 93.6 cm³/mol. The van der Waals surface area contributed by atoms with Gasteiger partial charge in [-0.15, -0.1) is 0 Å². The minimum absolute atomic E-state index is 0.400. The van der Waals surface area contributed by atoms with Crippen LogP contribution < -0.4 is 14.2 Å². The van der Waals surface area contributed by atoms with E-state index in [1.54, 1.807) is 20.4 Å². The van der Waals surface area contributed by atoms with Crippen molar-refractivity contribution in [2.24, 2.45) is 0 Å². The average Bonchev–Trinajstić information content (AvgIpc) is 2.67. The van der Waals surface area contributed by atoms with E-state index in [1.165, 1.54) is 0 Å². The maximum absolute atomic E-state index is 6.00. The number of ether oxygens (including phenoxy) is 3. The van der Waals surface area contributed by atoms with E-state index in [2.05, 4.69) is 4.98 Å². The van der Waals surface area contributed by atoms with Crippen molar-refractivity contribution in [2.75, 3.05) is 14.2 Å². The van der Waals surface area contributed by atoms with E-state index < -0.39 is 0 Å². The van der Waals surface area contributed by atoms with Gasteiger partial charge in [-0.3, -0.25) is 4.98 Å². The van der Waals surface area contributed by atoms with Crippen molar-refractivity contribution in [3.05, 3.63) is 72.6 Å². The summed E-state index contributed by atoms with van der Waals surface area (Å²) in [7, 11) is 3.30. The molecule has 1 aromatic heterocycles. The molecule has 0 aliphatic heterocycles. The van der Waals surface area contributed by atoms with Gasteiger partial charge in [0.05, 0.1) is 19.9 Å². The largest absolute Gasteiger partial charge is 0.497 e. The second-order valence-corrected chi connectivity index (χ2v) is 5.20. The van der Waals surface area contributed by atoms with Crippen LogP contribution in [-0.4, -0.2) is 19.2 Å². The molecule has 4 heteroatoms. The Balaban J connectivity index is 1.90. The monoisotopic (exact) mass is 321 g/mol. The number of pyridine rings is 1. The Morgan fingerprint density at radius 3 is 2.25 bits per heavy atom. The Morgan fingerprint density at radius 1 is 0.833 bits per heavy atom. The van der Waals surface area contributed by atoms with Crippen LogP contribution >= 0.6 is 0 Å². The molecule has 3 aromatic rings. The highest BCUT2D eigenvalue weighted by atomic mass is 16.5. The van der Waals surface area contributed by atoms with Gasteiger partial charge in [-0.25, -0.2) is 0 Å². The van der Waals surface area contributed by atoms with Crippen molar-refractivity contribution in [1.82, 2.24) is 4.98 Å². The molecule has 4 nitrogen and oxygen atoms in total. The van der Waals surface area contributed by atoms with Crippen molar-refractivity contribution in [3.63, 3.8) is 0 Å². The zero-order valence-electron chi connectivity index (χ0n) is 13.7. The molecule has 0 radical (unpaired) electrons. The highest BCUT2D eigenvalue weighted by Crippen LogP contribution is 2.34. The Morgan fingerprint density at radius 2 is 1.58 bits per heavy atom. The maximum atomic E-state index is 6.00. The number of hydrogen-bond donors (Lipinski definition) is 0. The predicted octanol–water partition coefficient (Wildman–Crippen LogP) is 4.34. The van der Waals surface area contributed by atoms with Gasteiger partial charge in [0.15, 0.2) is 0 Å². The van der Waals surface area contributed by atoms with E-state index in [4.69, 9.17) is 14.2 Å². The Kier molecular flexibility index (Phi) is 4.96. The highest BCUT2D eigenvalue weighted by Gasteiger charge is 2.09. The van der Waals surface area contributed by atoms with Crippen molar-refractivity contribution in [3.8, 4) is 28.4 Å². The van der Waals surface area contributed by atoms with Crippen molar-refractivity contribution >= 4 is 0 Å². The van der Waals surface area contributed by atoms with E-state index in [0.29, 0.717) is 6.61 Å². The van der Waals surface area contributed by atoms with Crippen LogP contribution in [0.1, 0.15) is 5.69 Å². The lowest BCUT2D eigenvalue weighted by Crippen LogP contribution is -1.99. The summed E-state index contributed by atoms with van der Waals surface area (Å²) in [5.74, 6) is 2.33. The fraction of sp³-hybridized carbons (Fsp3) is 0.150. The van der Waals surface area contributed by atoms with Gasteiger partial charge in [0.2, 0.25) is 0 Å². The summed E-state index contributed by atoms with van der Waals surface area (Å²) in [4.78, 5) is 4.29. The summed E-state index contributed by atoms with van der Waals surface area (Å²) in [5.41, 5.74) is 2.92. The van der Waals surface area contributed by atoms with E-state index in [9.17, 15) is 0 Å². The minimum atomic E-state index is 0.400. The molecule has 3 rings (SSSR count). The van der Waals surface area contributed by atoms with Crippen LogP contribution in [0, 0.1) is 0 Å². The number of methoxy groups -OCH3 is 2. The van der Waals surface area contributed by atoms with Gasteiger partial charge in [-0.1, -0.05) is 18.2 Å². The van der Waals surface area contributed by atoms with Crippen LogP contribution in [0.2, 0.25) is 0 Å². The summed E-state index contributed by atoms with van der Waals surface area (Å²) in [5, 5.41) is 0. The molecule has 0 saturated carbocycles. The Hall–Kier alpha value is -3.01. The lowest BCUT2D eigenvalue weighted by atomic mass is 10.0. The average molecular weight is 321 g/mol. The van der Waals surface area contributed by atoms with Crippen LogP contribution in [0.5, 0.6) is 17.2 Å². The topological polar surface area (TPSA) is 40.6 Å². The quantitative estimate of drug-likeness (QED) is 0.677. The summed E-state index contributed by atoms with van der Waals surface area (Å²) in [6.45, 7) is 0.400. The van der Waals surface area contributed by atoms with Gasteiger partial charge in [-0.05, 0) is 42.0 Å². The summed E-state index contributed by atoms with van der Waals surface area (Å²) in [6, 6.07) is 19.5. The van der Waals surface area contributed by atoms with Gasteiger partial charge in [0.1, 0.15) is 23.9 Å². The van der Waals surface area contributed by atoms with Crippen LogP contribution in [0.15, 0.2) is 66.9 Å². The minimum Gasteiger partial charge on any atom is -0.497 e. The zero-order chi connectivity index (χ0) is 16.8. The highest BCUT2D eigenvalue weighted by molar-refractivity contribution is 5.72. The van der Waals surface area contributed by atoms with E-state index in [1.807, 2.05) is 60.7 Å². The molecule has 0 amide bonds. The molecule has 0 saturated heterocycles. The molecule has 1 heterocycles. The van der Waals surface area contributed by atoms with Gasteiger partial charge in [0.25, 0.3) is 0 Å². The normalized spacial score (nSPS) is 10.2. The Labute approximate surface area is 141 Å². The van der Waals surface area contributed by atoms with Crippen molar-refractivity contribution < 1.29 is 14.2 Å². The summed E-state index contributed by atoms with van der Waals surface area (Å²) < 4.78 is 16.5. The maximum Gasteiger partial charge on any atom is 0.131 e. The van der Waals surface area contributed by atoms with Crippen LogP contribution in [0.3, 0.4) is 0 Å². The summed E-state index contributed by atoms with van der Waals surface area (Å²) >= 11 is 0. The lowest BCUT2D eigenvalue weighted by molar-refractivity contribution is 0.300. The number of aromatic nitrogens is 1. The number of benzene rings is 2. The van der Waals surface area contributed by atoms with Gasteiger partial charge >= 0.3 is 0 Å². The van der Waals surface area contributed by atoms with Crippen molar-refractivity contribution in [2.45, 2.75) is 6.61 Å². The smallest absolute Gasteiger partial charge is 0.131 e. The first-order valence-corrected chi connectivity index (χ1v) is 7.65. The van der Waals surface area contributed by atoms with Gasteiger partial charge in [0, 0.05) is 17.8 Å². The molecule has 0 fully saturated rings. The third-order valence-corrected chi connectivity index (χ3v) is 3.69. The molecule has 0 unspecified atom stereocenters. The van der Waals surface area contributed by atoms with Gasteiger partial charge < -0.3 is 14.2 Å². The number of hydrogen-bond acceptors (Lipinski definition) is 4. The third-order valence-electron chi connectivity index (χ3n) is 3.69. The molecule has 0 aliphatic rings. The fourth-order valence-corrected chi connectivity index (χ4v) is 2.39.